The number of nitrogens with zero attached hydrogens (tertiary/aromatic N) is 1. The normalized spacial score (nSPS) is 21.1. The molecule has 1 aromatic heterocycles. The van der Waals surface area contributed by atoms with Gasteiger partial charge in [0.15, 0.2) is 0 Å². The van der Waals surface area contributed by atoms with E-state index in [9.17, 15) is 13.2 Å². The van der Waals surface area contributed by atoms with Crippen LogP contribution in [0.25, 0.3) is 16.8 Å². The van der Waals surface area contributed by atoms with E-state index >= 15 is 0 Å². The minimum atomic E-state index is -2.96. The average Bonchev–Trinajstić information content (AvgIpc) is 2.68. The van der Waals surface area contributed by atoms with Crippen molar-refractivity contribution in [3.8, 4) is 11.3 Å². The van der Waals surface area contributed by atoms with Crippen molar-refractivity contribution in [2.24, 2.45) is 11.8 Å². The maximum atomic E-state index is 13.3. The second kappa shape index (κ2) is 9.27. The summed E-state index contributed by atoms with van der Waals surface area (Å²) in [6, 6.07) is 12.2. The van der Waals surface area contributed by atoms with Crippen LogP contribution in [0.15, 0.2) is 70.0 Å². The molecular formula is C24H22I2NO3S-. The molecule has 0 aliphatic heterocycles. The second-order valence-electron chi connectivity index (χ2n) is 7.82. The van der Waals surface area contributed by atoms with Crippen molar-refractivity contribution in [2.45, 2.75) is 19.8 Å². The fourth-order valence-electron chi connectivity index (χ4n) is 3.92. The molecule has 2 atom stereocenters. The van der Waals surface area contributed by atoms with Crippen molar-refractivity contribution in [1.82, 2.24) is 4.98 Å². The first-order valence-electron chi connectivity index (χ1n) is 9.96. The van der Waals surface area contributed by atoms with Crippen LogP contribution in [0.3, 0.4) is 0 Å². The van der Waals surface area contributed by atoms with Crippen LogP contribution in [0.4, 0.5) is 0 Å². The summed E-state index contributed by atoms with van der Waals surface area (Å²) in [5, 5.41) is 0. The van der Waals surface area contributed by atoms with Crippen LogP contribution in [0, 0.1) is 15.4 Å². The molecule has 4 rings (SSSR count). The molecule has 2 aromatic rings. The van der Waals surface area contributed by atoms with Gasteiger partial charge in [0.2, 0.25) is 0 Å². The van der Waals surface area contributed by atoms with E-state index in [-0.39, 0.29) is 17.6 Å². The Morgan fingerprint density at radius 3 is 2.61 bits per heavy atom. The number of carbonyl (C=O) groups is 1. The number of allylic oxidation sites excluding steroid dienone is 6. The van der Waals surface area contributed by atoms with E-state index in [1.54, 1.807) is 6.20 Å². The molecule has 2 aliphatic rings. The number of hydrogen-bond donors (Lipinski definition) is 0. The first kappa shape index (κ1) is 22.8. The van der Waals surface area contributed by atoms with Gasteiger partial charge in [-0.15, -0.1) is 0 Å². The molecule has 2 unspecified atom stereocenters. The van der Waals surface area contributed by atoms with Crippen LogP contribution in [-0.4, -0.2) is 25.4 Å². The monoisotopic (exact) mass is 658 g/mol. The molecule has 162 valence electrons. The van der Waals surface area contributed by atoms with Crippen molar-refractivity contribution >= 4 is 41.0 Å². The summed E-state index contributed by atoms with van der Waals surface area (Å²) in [5.41, 5.74) is 4.94. The van der Waals surface area contributed by atoms with Gasteiger partial charge in [-0.2, -0.15) is 0 Å². The van der Waals surface area contributed by atoms with Gasteiger partial charge in [-0.25, -0.2) is 0 Å². The Bertz CT molecular complexity index is 1230. The van der Waals surface area contributed by atoms with Gasteiger partial charge < -0.3 is 0 Å². The predicted octanol–water partition coefficient (Wildman–Crippen LogP) is 2.22. The molecule has 1 heterocycles. The molecule has 0 spiro atoms. The molecule has 31 heavy (non-hydrogen) atoms. The fraction of sp³-hybridized carbons (Fsp3) is 0.250. The van der Waals surface area contributed by atoms with Crippen molar-refractivity contribution in [3.63, 3.8) is 0 Å². The number of aromatic nitrogens is 1. The predicted molar refractivity (Wildman–Crippen MR) is 128 cm³/mol. The Morgan fingerprint density at radius 2 is 2.00 bits per heavy atom. The summed E-state index contributed by atoms with van der Waals surface area (Å²) < 4.78 is 25.4. The zero-order chi connectivity index (χ0) is 22.2. The summed E-state index contributed by atoms with van der Waals surface area (Å²) in [7, 11) is -2.96. The number of benzene rings is 1. The van der Waals surface area contributed by atoms with Gasteiger partial charge in [0.05, 0.1) is 0 Å². The fourth-order valence-corrected chi connectivity index (χ4v) is 9.91. The molecule has 0 N–H and O–H groups in total. The van der Waals surface area contributed by atoms with E-state index in [1.807, 2.05) is 37.3 Å². The van der Waals surface area contributed by atoms with Crippen molar-refractivity contribution in [3.05, 3.63) is 79.1 Å². The number of ketones is 1. The number of carbonyl (C=O) groups excluding carboxylic acids is 1. The molecule has 1 aromatic carbocycles. The maximum absolute atomic E-state index is 13.3. The van der Waals surface area contributed by atoms with Crippen LogP contribution in [-0.2, 0) is 11.8 Å². The van der Waals surface area contributed by atoms with E-state index in [0.717, 1.165) is 41.5 Å². The molecule has 0 saturated carbocycles. The molecular weight excluding hydrogens is 636 g/mol. The van der Waals surface area contributed by atoms with Gasteiger partial charge in [0.25, 0.3) is 0 Å². The molecule has 4 nitrogen and oxygen atoms in total. The Kier molecular flexibility index (Phi) is 6.83. The summed E-state index contributed by atoms with van der Waals surface area (Å²) in [6.45, 7) is 2.02. The third-order valence-electron chi connectivity index (χ3n) is 5.51. The van der Waals surface area contributed by atoms with Gasteiger partial charge in [-0.1, -0.05) is 6.07 Å². The zero-order valence-corrected chi connectivity index (χ0v) is 22.3. The third-order valence-corrected chi connectivity index (χ3v) is 11.8. The van der Waals surface area contributed by atoms with Crippen LogP contribution in [0.1, 0.15) is 25.3 Å². The zero-order valence-electron chi connectivity index (χ0n) is 17.2. The molecule has 2 aliphatic carbocycles. The van der Waals surface area contributed by atoms with E-state index in [0.29, 0.717) is 6.42 Å². The van der Waals surface area contributed by atoms with E-state index in [1.165, 1.54) is 6.26 Å². The van der Waals surface area contributed by atoms with Crippen LogP contribution < -0.4 is 19.8 Å². The van der Waals surface area contributed by atoms with Gasteiger partial charge in [0.1, 0.15) is 0 Å². The minimum absolute atomic E-state index is 0.0524. The Morgan fingerprint density at radius 1 is 1.19 bits per heavy atom. The van der Waals surface area contributed by atoms with E-state index in [2.05, 4.69) is 51.8 Å². The van der Waals surface area contributed by atoms with Crippen LogP contribution in [0.5, 0.6) is 0 Å². The average molecular weight is 658 g/mol. The molecule has 0 radical (unpaired) electrons. The molecule has 7 heteroatoms. The Balaban J connectivity index is 1.57. The van der Waals surface area contributed by atoms with Crippen LogP contribution >= 0.6 is 22.6 Å². The topological polar surface area (TPSA) is 64.1 Å². The Labute approximate surface area is 205 Å². The van der Waals surface area contributed by atoms with Gasteiger partial charge in [0, 0.05) is 6.20 Å². The summed E-state index contributed by atoms with van der Waals surface area (Å²) in [4.78, 5) is 17.8. The summed E-state index contributed by atoms with van der Waals surface area (Å²) >= 11 is 1.29. The standard InChI is InChI=1S/C24H22I2NO3S/c1-15-13-17(26-31(2,29)30)7-8-18(15)24(28)20-10-9-19(20)16-6-11-22(25)21(14-16)23-5-3-4-12-27-23/h3-9,11-12,14-15,20H,10,13H2,1-2H3/q-1. The van der Waals surface area contributed by atoms with E-state index < -0.39 is 26.8 Å². The van der Waals surface area contributed by atoms with Crippen molar-refractivity contribution < 1.29 is 33.0 Å². The van der Waals surface area contributed by atoms with Crippen molar-refractivity contribution in [2.75, 3.05) is 6.26 Å². The summed E-state index contributed by atoms with van der Waals surface area (Å²) in [5.74, 6) is 0.0808. The quantitative estimate of drug-likeness (QED) is 0.353. The SMILES string of the molecule is CC1CC([I-]S(C)(=O)=O)=CC=C1C(=O)C1CC=C1c1ccc(I)c(-c2ccccn2)c1. The van der Waals surface area contributed by atoms with Crippen LogP contribution in [0.2, 0.25) is 0 Å². The Hall–Kier alpha value is -1.33. The van der Waals surface area contributed by atoms with Gasteiger partial charge in [-0.3, -0.25) is 0 Å². The molecule has 0 bridgehead atoms. The molecule has 0 saturated heterocycles. The number of hydrogen-bond acceptors (Lipinski definition) is 4. The number of Topliss-reactive ketones (excluding diaryl/α,β-unsaturated/α-hetero) is 1. The number of rotatable bonds is 6. The number of pyridine rings is 1. The third kappa shape index (κ3) is 5.19. The summed E-state index contributed by atoms with van der Waals surface area (Å²) in [6.07, 6.45) is 10.4. The second-order valence-corrected chi connectivity index (χ2v) is 18.0. The molecule has 0 fully saturated rings. The van der Waals surface area contributed by atoms with E-state index in [4.69, 9.17) is 0 Å². The molecule has 0 amide bonds. The van der Waals surface area contributed by atoms with Gasteiger partial charge in [-0.05, 0) is 6.07 Å². The first-order chi connectivity index (χ1) is 14.7. The number of halogens is 2. The van der Waals surface area contributed by atoms with Crippen molar-refractivity contribution in [1.29, 1.82) is 0 Å². The first-order valence-corrected chi connectivity index (χ1v) is 16.5. The van der Waals surface area contributed by atoms with Gasteiger partial charge >= 0.3 is 189 Å².